The van der Waals surface area contributed by atoms with Gasteiger partial charge in [0.15, 0.2) is 0 Å². The molecule has 2 rings (SSSR count). The van der Waals surface area contributed by atoms with Gasteiger partial charge in [-0.3, -0.25) is 0 Å². The molecule has 0 unspecified atom stereocenters. The van der Waals surface area contributed by atoms with Crippen LogP contribution in [0.4, 0.5) is 5.82 Å². The van der Waals surface area contributed by atoms with Gasteiger partial charge >= 0.3 is 5.97 Å². The number of hydrogen-bond donors (Lipinski definition) is 2. The summed E-state index contributed by atoms with van der Waals surface area (Å²) in [5.41, 5.74) is 6.18. The Labute approximate surface area is 114 Å². The third-order valence-corrected chi connectivity index (χ3v) is 4.19. The molecule has 0 bridgehead atoms. The number of aromatic nitrogens is 3. The van der Waals surface area contributed by atoms with Gasteiger partial charge in [-0.15, -0.1) is 0 Å². The first-order valence-electron chi connectivity index (χ1n) is 5.62. The van der Waals surface area contributed by atoms with Crippen molar-refractivity contribution in [2.75, 3.05) is 11.5 Å². The Morgan fingerprint density at radius 2 is 2.10 bits per heavy atom. The summed E-state index contributed by atoms with van der Waals surface area (Å²) in [7, 11) is -3.48. The highest BCUT2D eigenvalue weighted by Gasteiger charge is 2.15. The number of rotatable bonds is 4. The third kappa shape index (κ3) is 2.48. The molecule has 0 radical (unpaired) electrons. The normalized spacial score (nSPS) is 11.4. The lowest BCUT2D eigenvalue weighted by atomic mass is 10.1. The van der Waals surface area contributed by atoms with Gasteiger partial charge in [0.05, 0.1) is 18.1 Å². The number of hydrogen-bond acceptors (Lipinski definition) is 6. The first-order chi connectivity index (χ1) is 9.35. The van der Waals surface area contributed by atoms with Gasteiger partial charge in [0.25, 0.3) is 10.0 Å². The summed E-state index contributed by atoms with van der Waals surface area (Å²) in [5.74, 6) is -1.39. The van der Waals surface area contributed by atoms with Crippen molar-refractivity contribution in [3.05, 3.63) is 30.2 Å². The molecular formula is C11H12N4O4S. The van der Waals surface area contributed by atoms with E-state index in [1.807, 2.05) is 0 Å². The number of carboxylic acid groups (broad SMARTS) is 1. The predicted octanol–water partition coefficient (Wildman–Crippen LogP) is 0.423. The molecule has 3 N–H and O–H groups in total. The Bertz CT molecular complexity index is 766. The highest BCUT2D eigenvalue weighted by Crippen LogP contribution is 2.22. The summed E-state index contributed by atoms with van der Waals surface area (Å²) in [6.45, 7) is 1.50. The molecule has 0 aromatic carbocycles. The minimum Gasteiger partial charge on any atom is -0.478 e. The van der Waals surface area contributed by atoms with Crippen LogP contribution in [0.3, 0.4) is 0 Å². The number of nitrogen functional groups attached to an aromatic ring is 1. The predicted molar refractivity (Wildman–Crippen MR) is 71.7 cm³/mol. The fourth-order valence-electron chi connectivity index (χ4n) is 1.54. The number of nitrogens with two attached hydrogens (primary N) is 1. The number of aromatic carboxylic acids is 1. The van der Waals surface area contributed by atoms with Gasteiger partial charge < -0.3 is 10.8 Å². The van der Waals surface area contributed by atoms with Crippen LogP contribution in [-0.4, -0.2) is 39.4 Å². The molecule has 0 amide bonds. The number of anilines is 1. The molecular weight excluding hydrogens is 284 g/mol. The van der Waals surface area contributed by atoms with Crippen LogP contribution in [0.2, 0.25) is 0 Å². The standard InChI is InChI=1S/C11H12N4O4S/c1-2-20(18,19)15-6-8(5-14-15)7-3-9(11(16)17)10(12)13-4-7/h3-6H,2H2,1H3,(H2,12,13)(H,16,17). The van der Waals surface area contributed by atoms with E-state index >= 15 is 0 Å². The van der Waals surface area contributed by atoms with E-state index in [1.165, 1.54) is 31.6 Å². The first kappa shape index (κ1) is 14.0. The Balaban J connectivity index is 2.48. The zero-order valence-electron chi connectivity index (χ0n) is 10.5. The molecule has 20 heavy (non-hydrogen) atoms. The largest absolute Gasteiger partial charge is 0.478 e. The van der Waals surface area contributed by atoms with E-state index in [2.05, 4.69) is 10.1 Å². The maximum atomic E-state index is 11.6. The van der Waals surface area contributed by atoms with Crippen LogP contribution in [0.1, 0.15) is 17.3 Å². The van der Waals surface area contributed by atoms with Gasteiger partial charge in [0.2, 0.25) is 0 Å². The summed E-state index contributed by atoms with van der Waals surface area (Å²) >= 11 is 0. The second-order valence-corrected chi connectivity index (χ2v) is 6.08. The lowest BCUT2D eigenvalue weighted by Gasteiger charge is -2.02. The lowest BCUT2D eigenvalue weighted by molar-refractivity contribution is 0.0697. The molecule has 0 saturated carbocycles. The summed E-state index contributed by atoms with van der Waals surface area (Å²) < 4.78 is 24.1. The van der Waals surface area contributed by atoms with Crippen LogP contribution in [-0.2, 0) is 10.0 Å². The van der Waals surface area contributed by atoms with Crippen LogP contribution in [0, 0.1) is 0 Å². The van der Waals surface area contributed by atoms with E-state index in [-0.39, 0.29) is 17.1 Å². The van der Waals surface area contributed by atoms with Gasteiger partial charge in [-0.1, -0.05) is 0 Å². The Morgan fingerprint density at radius 1 is 1.40 bits per heavy atom. The molecule has 2 aromatic heterocycles. The van der Waals surface area contributed by atoms with Crippen LogP contribution < -0.4 is 5.73 Å². The monoisotopic (exact) mass is 296 g/mol. The van der Waals surface area contributed by atoms with Crippen molar-refractivity contribution in [1.82, 2.24) is 14.2 Å². The van der Waals surface area contributed by atoms with Crippen LogP contribution in [0.5, 0.6) is 0 Å². The Hall–Kier alpha value is -2.42. The second kappa shape index (κ2) is 4.93. The SMILES string of the molecule is CCS(=O)(=O)n1cc(-c2cnc(N)c(C(=O)O)c2)cn1. The van der Waals surface area contributed by atoms with Crippen molar-refractivity contribution in [3.63, 3.8) is 0 Å². The van der Waals surface area contributed by atoms with Crippen LogP contribution >= 0.6 is 0 Å². The average molecular weight is 296 g/mol. The molecule has 0 atom stereocenters. The zero-order valence-corrected chi connectivity index (χ0v) is 11.3. The molecule has 0 spiro atoms. The molecule has 106 valence electrons. The summed E-state index contributed by atoms with van der Waals surface area (Å²) in [6, 6.07) is 1.32. The minimum absolute atomic E-state index is 0.0888. The molecule has 0 aliphatic heterocycles. The maximum absolute atomic E-state index is 11.6. The van der Waals surface area contributed by atoms with Crippen molar-refractivity contribution >= 4 is 21.8 Å². The summed E-state index contributed by atoms with van der Waals surface area (Å²) in [4.78, 5) is 14.8. The van der Waals surface area contributed by atoms with Gasteiger partial charge in [-0.2, -0.15) is 9.19 Å². The molecule has 0 aliphatic carbocycles. The lowest BCUT2D eigenvalue weighted by Crippen LogP contribution is -2.14. The summed E-state index contributed by atoms with van der Waals surface area (Å²) in [5, 5.41) is 12.7. The van der Waals surface area contributed by atoms with Gasteiger partial charge in [0.1, 0.15) is 11.4 Å². The van der Waals surface area contributed by atoms with Crippen molar-refractivity contribution in [2.24, 2.45) is 0 Å². The molecule has 8 nitrogen and oxygen atoms in total. The molecule has 0 fully saturated rings. The van der Waals surface area contributed by atoms with Crippen molar-refractivity contribution in [3.8, 4) is 11.1 Å². The van der Waals surface area contributed by atoms with Gasteiger partial charge in [-0.25, -0.2) is 18.2 Å². The van der Waals surface area contributed by atoms with Crippen LogP contribution in [0.15, 0.2) is 24.7 Å². The van der Waals surface area contributed by atoms with Crippen molar-refractivity contribution in [2.45, 2.75) is 6.92 Å². The van der Waals surface area contributed by atoms with E-state index in [4.69, 9.17) is 10.8 Å². The van der Waals surface area contributed by atoms with Crippen molar-refractivity contribution < 1.29 is 18.3 Å². The molecule has 9 heteroatoms. The zero-order chi connectivity index (χ0) is 14.9. The maximum Gasteiger partial charge on any atom is 0.339 e. The van der Waals surface area contributed by atoms with E-state index in [0.717, 1.165) is 4.09 Å². The molecule has 2 aromatic rings. The molecule has 2 heterocycles. The van der Waals surface area contributed by atoms with E-state index in [0.29, 0.717) is 11.1 Å². The second-order valence-electron chi connectivity index (χ2n) is 3.96. The van der Waals surface area contributed by atoms with Crippen LogP contribution in [0.25, 0.3) is 11.1 Å². The van der Waals surface area contributed by atoms with Crippen molar-refractivity contribution in [1.29, 1.82) is 0 Å². The topological polar surface area (TPSA) is 128 Å². The molecule has 0 saturated heterocycles. The number of nitrogens with zero attached hydrogens (tertiary/aromatic N) is 3. The molecule has 0 aliphatic rings. The third-order valence-electron chi connectivity index (χ3n) is 2.69. The number of carbonyl (C=O) groups is 1. The quantitative estimate of drug-likeness (QED) is 0.836. The highest BCUT2D eigenvalue weighted by molar-refractivity contribution is 7.89. The average Bonchev–Trinajstić information content (AvgIpc) is 2.89. The van der Waals surface area contributed by atoms with E-state index < -0.39 is 16.0 Å². The summed E-state index contributed by atoms with van der Waals surface area (Å²) in [6.07, 6.45) is 3.99. The minimum atomic E-state index is -3.48. The fraction of sp³-hybridized carbons (Fsp3) is 0.182. The number of pyridine rings is 1. The smallest absolute Gasteiger partial charge is 0.339 e. The van der Waals surface area contributed by atoms with Gasteiger partial charge in [-0.05, 0) is 13.0 Å². The first-order valence-corrected chi connectivity index (χ1v) is 7.23. The Kier molecular flexibility index (Phi) is 3.45. The van der Waals surface area contributed by atoms with E-state index in [1.54, 1.807) is 0 Å². The Morgan fingerprint density at radius 3 is 2.70 bits per heavy atom. The number of carboxylic acids is 1. The van der Waals surface area contributed by atoms with E-state index in [9.17, 15) is 13.2 Å². The fourth-order valence-corrected chi connectivity index (χ4v) is 2.27. The van der Waals surface area contributed by atoms with Gasteiger partial charge in [0, 0.05) is 17.3 Å². The highest BCUT2D eigenvalue weighted by atomic mass is 32.2.